The molecule has 0 bridgehead atoms. The Morgan fingerprint density at radius 1 is 0.737 bits per heavy atom. The highest BCUT2D eigenvalue weighted by Gasteiger charge is 1.92. The summed E-state index contributed by atoms with van der Waals surface area (Å²) in [5, 5.41) is 0. The fourth-order valence-corrected chi connectivity index (χ4v) is 2.03. The molecular formula is C19H34. The molecule has 0 aliphatic carbocycles. The van der Waals surface area contributed by atoms with Crippen molar-refractivity contribution in [1.82, 2.24) is 0 Å². The van der Waals surface area contributed by atoms with Crippen molar-refractivity contribution < 1.29 is 0 Å². The van der Waals surface area contributed by atoms with Gasteiger partial charge in [-0.3, -0.25) is 0 Å². The van der Waals surface area contributed by atoms with E-state index in [0.717, 1.165) is 6.42 Å². The Labute approximate surface area is 121 Å². The maximum Gasteiger partial charge on any atom is -0.0139 e. The fourth-order valence-electron chi connectivity index (χ4n) is 2.03. The van der Waals surface area contributed by atoms with Crippen LogP contribution < -0.4 is 0 Å². The topological polar surface area (TPSA) is 0 Å². The van der Waals surface area contributed by atoms with Gasteiger partial charge in [0.15, 0.2) is 0 Å². The molecule has 0 atom stereocenters. The number of rotatable bonds is 10. The molecule has 0 heterocycles. The van der Waals surface area contributed by atoms with E-state index in [1.165, 1.54) is 61.7 Å². The van der Waals surface area contributed by atoms with Crippen LogP contribution in [0.3, 0.4) is 0 Å². The Hall–Kier alpha value is -0.780. The predicted molar refractivity (Wildman–Crippen MR) is 89.6 cm³/mol. The van der Waals surface area contributed by atoms with Gasteiger partial charge in [-0.05, 0) is 59.8 Å². The van der Waals surface area contributed by atoms with Crippen LogP contribution in [0.1, 0.15) is 86.0 Å². The van der Waals surface area contributed by atoms with Crippen LogP contribution in [-0.2, 0) is 0 Å². The first-order chi connectivity index (χ1) is 9.06. The standard InChI is InChI=1S/C19H34/c1-6-7-8-9-10-13-18(4)15-16-19(5)14-11-12-17(2)3/h12-13,16H,6-11,14-15H2,1-5H3/b18-13+,19-16+. The molecule has 0 amide bonds. The van der Waals surface area contributed by atoms with Gasteiger partial charge in [0, 0.05) is 0 Å². The lowest BCUT2D eigenvalue weighted by Crippen LogP contribution is -1.81. The largest absolute Gasteiger partial charge is 0.0856 e. The molecule has 0 aromatic carbocycles. The molecule has 0 saturated heterocycles. The Morgan fingerprint density at radius 2 is 1.47 bits per heavy atom. The monoisotopic (exact) mass is 262 g/mol. The molecule has 0 radical (unpaired) electrons. The molecule has 0 heteroatoms. The van der Waals surface area contributed by atoms with Crippen LogP contribution in [0.5, 0.6) is 0 Å². The molecule has 0 aromatic rings. The summed E-state index contributed by atoms with van der Waals surface area (Å²) >= 11 is 0. The van der Waals surface area contributed by atoms with Gasteiger partial charge in [-0.1, -0.05) is 61.1 Å². The second-order valence-corrected chi connectivity index (χ2v) is 5.97. The van der Waals surface area contributed by atoms with Crippen molar-refractivity contribution in [3.05, 3.63) is 34.9 Å². The first-order valence-electron chi connectivity index (χ1n) is 8.00. The quantitative estimate of drug-likeness (QED) is 0.294. The van der Waals surface area contributed by atoms with Crippen LogP contribution in [0.2, 0.25) is 0 Å². The molecule has 19 heavy (non-hydrogen) atoms. The van der Waals surface area contributed by atoms with Gasteiger partial charge in [-0.25, -0.2) is 0 Å². The summed E-state index contributed by atoms with van der Waals surface area (Å²) in [5.41, 5.74) is 4.48. The van der Waals surface area contributed by atoms with Crippen LogP contribution in [0, 0.1) is 0 Å². The predicted octanol–water partition coefficient (Wildman–Crippen LogP) is 6.99. The average Bonchev–Trinajstić information content (AvgIpc) is 2.35. The SMILES string of the molecule is CCCCCC/C=C(\C)C/C=C(\C)CCC=C(C)C. The maximum absolute atomic E-state index is 2.43. The summed E-state index contributed by atoms with van der Waals surface area (Å²) in [7, 11) is 0. The van der Waals surface area contributed by atoms with Gasteiger partial charge in [-0.15, -0.1) is 0 Å². The molecule has 0 aliphatic rings. The van der Waals surface area contributed by atoms with Crippen LogP contribution >= 0.6 is 0 Å². The lowest BCUT2D eigenvalue weighted by Gasteiger charge is -2.01. The fraction of sp³-hybridized carbons (Fsp3) is 0.684. The lowest BCUT2D eigenvalue weighted by atomic mass is 10.1. The highest BCUT2D eigenvalue weighted by Crippen LogP contribution is 2.12. The normalized spacial score (nSPS) is 12.7. The minimum atomic E-state index is 1.13. The zero-order valence-electron chi connectivity index (χ0n) is 13.9. The van der Waals surface area contributed by atoms with Crippen molar-refractivity contribution in [2.75, 3.05) is 0 Å². The number of unbranched alkanes of at least 4 members (excludes halogenated alkanes) is 4. The van der Waals surface area contributed by atoms with Crippen LogP contribution in [0.4, 0.5) is 0 Å². The first-order valence-corrected chi connectivity index (χ1v) is 8.00. The van der Waals surface area contributed by atoms with E-state index < -0.39 is 0 Å². The van der Waals surface area contributed by atoms with Gasteiger partial charge in [0.05, 0.1) is 0 Å². The van der Waals surface area contributed by atoms with E-state index in [-0.39, 0.29) is 0 Å². The zero-order valence-corrected chi connectivity index (χ0v) is 13.9. The van der Waals surface area contributed by atoms with Gasteiger partial charge < -0.3 is 0 Å². The van der Waals surface area contributed by atoms with Crippen molar-refractivity contribution in [3.63, 3.8) is 0 Å². The minimum absolute atomic E-state index is 1.13. The van der Waals surface area contributed by atoms with E-state index >= 15 is 0 Å². The van der Waals surface area contributed by atoms with E-state index in [1.54, 1.807) is 0 Å². The third kappa shape index (κ3) is 13.5. The smallest absolute Gasteiger partial charge is 0.0139 e. The van der Waals surface area contributed by atoms with E-state index in [1.807, 2.05) is 0 Å². The second-order valence-electron chi connectivity index (χ2n) is 5.97. The number of hydrogen-bond donors (Lipinski definition) is 0. The first kappa shape index (κ1) is 18.2. The van der Waals surface area contributed by atoms with Crippen LogP contribution in [0.25, 0.3) is 0 Å². The molecule has 0 aliphatic heterocycles. The Balaban J connectivity index is 3.82. The van der Waals surface area contributed by atoms with E-state index in [4.69, 9.17) is 0 Å². The van der Waals surface area contributed by atoms with Crippen molar-refractivity contribution in [2.24, 2.45) is 0 Å². The zero-order chi connectivity index (χ0) is 14.5. The molecule has 0 saturated carbocycles. The van der Waals surface area contributed by atoms with Gasteiger partial charge >= 0.3 is 0 Å². The molecule has 0 rings (SSSR count). The molecule has 0 spiro atoms. The average molecular weight is 262 g/mol. The van der Waals surface area contributed by atoms with Crippen molar-refractivity contribution >= 4 is 0 Å². The molecule has 0 nitrogen and oxygen atoms in total. The molecular weight excluding hydrogens is 228 g/mol. The minimum Gasteiger partial charge on any atom is -0.0856 e. The van der Waals surface area contributed by atoms with E-state index in [0.29, 0.717) is 0 Å². The molecule has 0 aromatic heterocycles. The van der Waals surface area contributed by atoms with Crippen molar-refractivity contribution in [1.29, 1.82) is 0 Å². The van der Waals surface area contributed by atoms with Gasteiger partial charge in [0.2, 0.25) is 0 Å². The number of allylic oxidation sites excluding steroid dienone is 6. The summed E-state index contributed by atoms with van der Waals surface area (Å²) in [4.78, 5) is 0. The van der Waals surface area contributed by atoms with Crippen molar-refractivity contribution in [2.45, 2.75) is 86.0 Å². The molecule has 0 unspecified atom stereocenters. The van der Waals surface area contributed by atoms with E-state index in [9.17, 15) is 0 Å². The molecule has 0 fully saturated rings. The Bertz CT molecular complexity index is 298. The summed E-state index contributed by atoms with van der Waals surface area (Å²) in [6, 6.07) is 0. The third-order valence-electron chi connectivity index (χ3n) is 3.41. The van der Waals surface area contributed by atoms with Crippen LogP contribution in [0.15, 0.2) is 34.9 Å². The summed E-state index contributed by atoms with van der Waals surface area (Å²) in [6.07, 6.45) is 17.4. The van der Waals surface area contributed by atoms with Gasteiger partial charge in [0.1, 0.15) is 0 Å². The lowest BCUT2D eigenvalue weighted by molar-refractivity contribution is 0.673. The summed E-state index contributed by atoms with van der Waals surface area (Å²) in [5.74, 6) is 0. The third-order valence-corrected chi connectivity index (χ3v) is 3.41. The Kier molecular flexibility index (Phi) is 11.8. The van der Waals surface area contributed by atoms with Gasteiger partial charge in [0.25, 0.3) is 0 Å². The summed E-state index contributed by atoms with van der Waals surface area (Å²) < 4.78 is 0. The van der Waals surface area contributed by atoms with Crippen LogP contribution in [-0.4, -0.2) is 0 Å². The second kappa shape index (κ2) is 12.3. The molecule has 0 N–H and O–H groups in total. The Morgan fingerprint density at radius 3 is 2.11 bits per heavy atom. The highest BCUT2D eigenvalue weighted by molar-refractivity contribution is 5.09. The highest BCUT2D eigenvalue weighted by atomic mass is 14.0. The maximum atomic E-state index is 2.43. The van der Waals surface area contributed by atoms with Gasteiger partial charge in [-0.2, -0.15) is 0 Å². The van der Waals surface area contributed by atoms with Crippen molar-refractivity contribution in [3.8, 4) is 0 Å². The summed E-state index contributed by atoms with van der Waals surface area (Å²) in [6.45, 7) is 11.1. The number of hydrogen-bond acceptors (Lipinski definition) is 0. The van der Waals surface area contributed by atoms with E-state index in [2.05, 4.69) is 52.8 Å². The molecule has 110 valence electrons.